The van der Waals surface area contributed by atoms with Crippen LogP contribution in [0.15, 0.2) is 24.4 Å². The van der Waals surface area contributed by atoms with Crippen LogP contribution in [-0.2, 0) is 0 Å². The van der Waals surface area contributed by atoms with Crippen molar-refractivity contribution in [2.24, 2.45) is 0 Å². The van der Waals surface area contributed by atoms with Crippen LogP contribution >= 0.6 is 0 Å². The van der Waals surface area contributed by atoms with Gasteiger partial charge in [0.2, 0.25) is 0 Å². The summed E-state index contributed by atoms with van der Waals surface area (Å²) < 4.78 is 0. The Balaban J connectivity index is 3.43. The van der Waals surface area contributed by atoms with Crippen molar-refractivity contribution in [2.45, 2.75) is 33.1 Å². The highest BCUT2D eigenvalue weighted by atomic mass is 15.1. The van der Waals surface area contributed by atoms with Gasteiger partial charge in [-0.25, -0.2) is 0 Å². The van der Waals surface area contributed by atoms with E-state index >= 15 is 0 Å². The standard InChI is InChI=1S/C11H21N/c1-5-7-8-9-10-11(3)12(4)6-2/h5,7H,3,6,8-10H2,1-2,4H3/b7-5-. The molecular formula is C11H21N. The summed E-state index contributed by atoms with van der Waals surface area (Å²) in [6, 6.07) is 0. The Hall–Kier alpha value is -0.720. The van der Waals surface area contributed by atoms with Crippen molar-refractivity contribution >= 4 is 0 Å². The van der Waals surface area contributed by atoms with Crippen molar-refractivity contribution < 1.29 is 0 Å². The Morgan fingerprint density at radius 1 is 1.50 bits per heavy atom. The fraction of sp³-hybridized carbons (Fsp3) is 0.636. The van der Waals surface area contributed by atoms with Gasteiger partial charge in [0.1, 0.15) is 0 Å². The first-order valence-corrected chi connectivity index (χ1v) is 4.72. The van der Waals surface area contributed by atoms with Gasteiger partial charge >= 0.3 is 0 Å². The van der Waals surface area contributed by atoms with E-state index in [0.717, 1.165) is 13.0 Å². The van der Waals surface area contributed by atoms with Gasteiger partial charge in [-0.15, -0.1) is 0 Å². The Kier molecular flexibility index (Phi) is 6.54. The van der Waals surface area contributed by atoms with Gasteiger partial charge in [0.05, 0.1) is 0 Å². The largest absolute Gasteiger partial charge is 0.379 e. The molecule has 0 radical (unpaired) electrons. The predicted octanol–water partition coefficient (Wildman–Crippen LogP) is 3.20. The Morgan fingerprint density at radius 3 is 2.67 bits per heavy atom. The van der Waals surface area contributed by atoms with Gasteiger partial charge in [-0.05, 0) is 33.1 Å². The van der Waals surface area contributed by atoms with Crippen molar-refractivity contribution in [2.75, 3.05) is 13.6 Å². The molecule has 0 aromatic carbocycles. The molecule has 0 heterocycles. The van der Waals surface area contributed by atoms with Crippen LogP contribution in [0.2, 0.25) is 0 Å². The molecule has 1 nitrogen and oxygen atoms in total. The Morgan fingerprint density at radius 2 is 2.17 bits per heavy atom. The summed E-state index contributed by atoms with van der Waals surface area (Å²) in [5.41, 5.74) is 1.25. The molecule has 70 valence electrons. The van der Waals surface area contributed by atoms with E-state index in [1.807, 2.05) is 0 Å². The fourth-order valence-electron chi connectivity index (χ4n) is 1.01. The molecule has 0 aliphatic carbocycles. The zero-order valence-electron chi connectivity index (χ0n) is 8.64. The molecule has 0 aliphatic rings. The molecule has 0 rings (SSSR count). The van der Waals surface area contributed by atoms with Crippen molar-refractivity contribution in [3.8, 4) is 0 Å². The maximum atomic E-state index is 4.02. The van der Waals surface area contributed by atoms with Crippen LogP contribution in [0.25, 0.3) is 0 Å². The molecular weight excluding hydrogens is 146 g/mol. The number of nitrogens with zero attached hydrogens (tertiary/aromatic N) is 1. The van der Waals surface area contributed by atoms with Crippen molar-refractivity contribution in [1.29, 1.82) is 0 Å². The lowest BCUT2D eigenvalue weighted by atomic mass is 10.2. The number of unbranched alkanes of at least 4 members (excludes halogenated alkanes) is 1. The molecule has 0 aromatic heterocycles. The molecule has 0 atom stereocenters. The van der Waals surface area contributed by atoms with Gasteiger partial charge in [0.15, 0.2) is 0 Å². The quantitative estimate of drug-likeness (QED) is 0.434. The average Bonchev–Trinajstić information content (AvgIpc) is 2.10. The summed E-state index contributed by atoms with van der Waals surface area (Å²) in [7, 11) is 2.10. The second-order valence-electron chi connectivity index (χ2n) is 3.04. The van der Waals surface area contributed by atoms with Crippen LogP contribution in [0.5, 0.6) is 0 Å². The summed E-state index contributed by atoms with van der Waals surface area (Å²) in [6.07, 6.45) is 7.82. The lowest BCUT2D eigenvalue weighted by Crippen LogP contribution is -2.15. The van der Waals surface area contributed by atoms with Gasteiger partial charge in [0, 0.05) is 19.3 Å². The van der Waals surface area contributed by atoms with Crippen LogP contribution in [0.3, 0.4) is 0 Å². The number of allylic oxidation sites excluding steroid dienone is 3. The van der Waals surface area contributed by atoms with E-state index in [4.69, 9.17) is 0 Å². The first kappa shape index (κ1) is 11.3. The molecule has 0 fully saturated rings. The van der Waals surface area contributed by atoms with Crippen molar-refractivity contribution in [1.82, 2.24) is 4.90 Å². The van der Waals surface area contributed by atoms with Gasteiger partial charge in [-0.1, -0.05) is 18.7 Å². The molecule has 0 spiro atoms. The monoisotopic (exact) mass is 167 g/mol. The van der Waals surface area contributed by atoms with Crippen LogP contribution in [0, 0.1) is 0 Å². The molecule has 0 aliphatic heterocycles. The summed E-state index contributed by atoms with van der Waals surface area (Å²) in [5.74, 6) is 0. The van der Waals surface area contributed by atoms with Crippen LogP contribution in [-0.4, -0.2) is 18.5 Å². The molecule has 0 bridgehead atoms. The molecule has 0 saturated carbocycles. The topological polar surface area (TPSA) is 3.24 Å². The average molecular weight is 167 g/mol. The van der Waals surface area contributed by atoms with Gasteiger partial charge < -0.3 is 4.90 Å². The summed E-state index contributed by atoms with van der Waals surface area (Å²) >= 11 is 0. The van der Waals surface area contributed by atoms with Crippen LogP contribution in [0.1, 0.15) is 33.1 Å². The van der Waals surface area contributed by atoms with Gasteiger partial charge in [-0.3, -0.25) is 0 Å². The highest BCUT2D eigenvalue weighted by Gasteiger charge is 1.97. The Labute approximate surface area is 76.8 Å². The number of hydrogen-bond acceptors (Lipinski definition) is 1. The van der Waals surface area contributed by atoms with Gasteiger partial charge in [-0.2, -0.15) is 0 Å². The molecule has 12 heavy (non-hydrogen) atoms. The summed E-state index contributed by atoms with van der Waals surface area (Å²) in [6.45, 7) is 9.30. The van der Waals surface area contributed by atoms with E-state index in [-0.39, 0.29) is 0 Å². The van der Waals surface area contributed by atoms with Crippen LogP contribution in [0.4, 0.5) is 0 Å². The maximum Gasteiger partial charge on any atom is 0.0143 e. The molecule has 0 N–H and O–H groups in total. The second kappa shape index (κ2) is 6.96. The normalized spacial score (nSPS) is 10.6. The third-order valence-electron chi connectivity index (χ3n) is 2.09. The lowest BCUT2D eigenvalue weighted by molar-refractivity contribution is 0.422. The van der Waals surface area contributed by atoms with Crippen molar-refractivity contribution in [3.05, 3.63) is 24.4 Å². The summed E-state index contributed by atoms with van der Waals surface area (Å²) in [4.78, 5) is 2.20. The number of rotatable bonds is 6. The lowest BCUT2D eigenvalue weighted by Gasteiger charge is -2.18. The first-order chi connectivity index (χ1) is 5.72. The molecule has 0 saturated heterocycles. The minimum atomic E-state index is 1.06. The predicted molar refractivity (Wildman–Crippen MR) is 56.1 cm³/mol. The zero-order chi connectivity index (χ0) is 9.40. The molecule has 0 unspecified atom stereocenters. The Bertz CT molecular complexity index is 147. The second-order valence-corrected chi connectivity index (χ2v) is 3.04. The van der Waals surface area contributed by atoms with E-state index in [0.29, 0.717) is 0 Å². The maximum absolute atomic E-state index is 4.02. The minimum Gasteiger partial charge on any atom is -0.379 e. The van der Waals surface area contributed by atoms with Gasteiger partial charge in [0.25, 0.3) is 0 Å². The smallest absolute Gasteiger partial charge is 0.0143 e. The highest BCUT2D eigenvalue weighted by molar-refractivity contribution is 4.92. The SMILES string of the molecule is C=C(CCC/C=C\C)N(C)CC. The van der Waals surface area contributed by atoms with E-state index in [1.165, 1.54) is 18.5 Å². The van der Waals surface area contributed by atoms with E-state index in [9.17, 15) is 0 Å². The highest BCUT2D eigenvalue weighted by Crippen LogP contribution is 2.08. The third kappa shape index (κ3) is 5.00. The summed E-state index contributed by atoms with van der Waals surface area (Å²) in [5, 5.41) is 0. The first-order valence-electron chi connectivity index (χ1n) is 4.72. The zero-order valence-corrected chi connectivity index (χ0v) is 8.64. The molecule has 0 amide bonds. The van der Waals surface area contributed by atoms with E-state index in [1.54, 1.807) is 0 Å². The van der Waals surface area contributed by atoms with Crippen LogP contribution < -0.4 is 0 Å². The van der Waals surface area contributed by atoms with E-state index in [2.05, 4.69) is 44.5 Å². The van der Waals surface area contributed by atoms with E-state index < -0.39 is 0 Å². The van der Waals surface area contributed by atoms with Crippen molar-refractivity contribution in [3.63, 3.8) is 0 Å². The molecule has 0 aromatic rings. The fourth-order valence-corrected chi connectivity index (χ4v) is 1.01. The third-order valence-corrected chi connectivity index (χ3v) is 2.09. The minimum absolute atomic E-state index is 1.06. The molecule has 1 heteroatoms. The number of hydrogen-bond donors (Lipinski definition) is 0.